The van der Waals surface area contributed by atoms with Crippen LogP contribution in [0.25, 0.3) is 0 Å². The standard InChI is InChI=1S/C15H22N2O4/c18-14(19)6-8-16-15(20)17(10-12-7-9-21-11-12)13-4-2-1-3-5-13/h7,9,11,13H,1-6,8,10H2,(H,16,20)(H,18,19). The molecule has 6 nitrogen and oxygen atoms in total. The van der Waals surface area contributed by atoms with Crippen molar-refractivity contribution in [3.05, 3.63) is 24.2 Å². The van der Waals surface area contributed by atoms with Crippen LogP contribution in [0.2, 0.25) is 0 Å². The lowest BCUT2D eigenvalue weighted by Crippen LogP contribution is -2.46. The van der Waals surface area contributed by atoms with Gasteiger partial charge >= 0.3 is 12.0 Å². The van der Waals surface area contributed by atoms with Gasteiger partial charge in [0.05, 0.1) is 25.5 Å². The Labute approximate surface area is 124 Å². The van der Waals surface area contributed by atoms with Gasteiger partial charge in [-0.05, 0) is 18.9 Å². The van der Waals surface area contributed by atoms with Crippen LogP contribution >= 0.6 is 0 Å². The van der Waals surface area contributed by atoms with Crippen molar-refractivity contribution < 1.29 is 19.1 Å². The molecule has 0 saturated heterocycles. The van der Waals surface area contributed by atoms with E-state index in [0.717, 1.165) is 31.2 Å². The van der Waals surface area contributed by atoms with Crippen LogP contribution < -0.4 is 5.32 Å². The van der Waals surface area contributed by atoms with Gasteiger partial charge in [0.1, 0.15) is 0 Å². The monoisotopic (exact) mass is 294 g/mol. The number of carboxylic acids is 1. The Morgan fingerprint density at radius 3 is 2.71 bits per heavy atom. The fourth-order valence-electron chi connectivity index (χ4n) is 2.72. The molecule has 0 aliphatic heterocycles. The fourth-order valence-corrected chi connectivity index (χ4v) is 2.72. The average Bonchev–Trinajstić information content (AvgIpc) is 2.98. The van der Waals surface area contributed by atoms with Crippen LogP contribution in [0, 0.1) is 0 Å². The Morgan fingerprint density at radius 1 is 1.33 bits per heavy atom. The van der Waals surface area contributed by atoms with Crippen LogP contribution in [-0.4, -0.2) is 34.6 Å². The first-order valence-corrected chi connectivity index (χ1v) is 7.44. The largest absolute Gasteiger partial charge is 0.481 e. The van der Waals surface area contributed by atoms with Crippen molar-refractivity contribution in [3.63, 3.8) is 0 Å². The maximum atomic E-state index is 12.3. The summed E-state index contributed by atoms with van der Waals surface area (Å²) < 4.78 is 5.06. The molecule has 1 heterocycles. The van der Waals surface area contributed by atoms with E-state index in [2.05, 4.69) is 5.32 Å². The molecule has 2 amide bonds. The number of carboxylic acid groups (broad SMARTS) is 1. The molecule has 1 aromatic heterocycles. The summed E-state index contributed by atoms with van der Waals surface area (Å²) in [6.45, 7) is 0.656. The number of furan rings is 1. The maximum Gasteiger partial charge on any atom is 0.317 e. The minimum atomic E-state index is -0.908. The molecular formula is C15H22N2O4. The Hall–Kier alpha value is -1.98. The van der Waals surface area contributed by atoms with Crippen LogP contribution in [0.5, 0.6) is 0 Å². The SMILES string of the molecule is O=C(O)CCNC(=O)N(Cc1ccoc1)C1CCCCC1. The summed E-state index contributed by atoms with van der Waals surface area (Å²) in [6.07, 6.45) is 8.67. The zero-order valence-corrected chi connectivity index (χ0v) is 12.1. The van der Waals surface area contributed by atoms with Crippen LogP contribution in [0.4, 0.5) is 4.79 Å². The summed E-state index contributed by atoms with van der Waals surface area (Å²) in [6, 6.07) is 1.88. The molecule has 0 atom stereocenters. The molecule has 1 fully saturated rings. The van der Waals surface area contributed by atoms with Gasteiger partial charge in [-0.15, -0.1) is 0 Å². The predicted molar refractivity (Wildman–Crippen MR) is 76.8 cm³/mol. The number of hydrogen-bond acceptors (Lipinski definition) is 3. The number of carbonyl (C=O) groups is 2. The van der Waals surface area contributed by atoms with E-state index >= 15 is 0 Å². The highest BCUT2D eigenvalue weighted by atomic mass is 16.4. The molecule has 0 unspecified atom stereocenters. The lowest BCUT2D eigenvalue weighted by Gasteiger charge is -2.34. The lowest BCUT2D eigenvalue weighted by atomic mass is 9.94. The summed E-state index contributed by atoms with van der Waals surface area (Å²) >= 11 is 0. The minimum absolute atomic E-state index is 0.0596. The zero-order chi connectivity index (χ0) is 15.1. The predicted octanol–water partition coefficient (Wildman–Crippen LogP) is 2.60. The van der Waals surface area contributed by atoms with E-state index in [0.29, 0.717) is 6.54 Å². The number of nitrogens with zero attached hydrogens (tertiary/aromatic N) is 1. The number of nitrogens with one attached hydrogen (secondary N) is 1. The molecular weight excluding hydrogens is 272 g/mol. The molecule has 21 heavy (non-hydrogen) atoms. The molecule has 0 radical (unpaired) electrons. The van der Waals surface area contributed by atoms with E-state index in [4.69, 9.17) is 9.52 Å². The third kappa shape index (κ3) is 4.81. The molecule has 0 aromatic carbocycles. The average molecular weight is 294 g/mol. The number of aliphatic carboxylic acids is 1. The summed E-state index contributed by atoms with van der Waals surface area (Å²) in [5, 5.41) is 11.3. The van der Waals surface area contributed by atoms with Crippen LogP contribution in [0.1, 0.15) is 44.1 Å². The zero-order valence-electron chi connectivity index (χ0n) is 12.1. The van der Waals surface area contributed by atoms with E-state index in [-0.39, 0.29) is 25.0 Å². The van der Waals surface area contributed by atoms with Crippen molar-refractivity contribution in [3.8, 4) is 0 Å². The first-order valence-electron chi connectivity index (χ1n) is 7.44. The Balaban J connectivity index is 1.96. The lowest BCUT2D eigenvalue weighted by molar-refractivity contribution is -0.136. The molecule has 6 heteroatoms. The molecule has 0 bridgehead atoms. The van der Waals surface area contributed by atoms with Gasteiger partial charge in [-0.1, -0.05) is 19.3 Å². The summed E-state index contributed by atoms with van der Waals surface area (Å²) in [5.74, 6) is -0.908. The van der Waals surface area contributed by atoms with Crippen LogP contribution in [0.3, 0.4) is 0 Å². The number of rotatable bonds is 6. The van der Waals surface area contributed by atoms with Gasteiger partial charge in [0.15, 0.2) is 0 Å². The van der Waals surface area contributed by atoms with Crippen molar-refractivity contribution in [2.24, 2.45) is 0 Å². The van der Waals surface area contributed by atoms with Crippen LogP contribution in [0.15, 0.2) is 23.0 Å². The van der Waals surface area contributed by atoms with Crippen molar-refractivity contribution in [2.75, 3.05) is 6.54 Å². The van der Waals surface area contributed by atoms with E-state index in [1.165, 1.54) is 6.42 Å². The van der Waals surface area contributed by atoms with Gasteiger partial charge in [-0.2, -0.15) is 0 Å². The number of urea groups is 1. The fraction of sp³-hybridized carbons (Fsp3) is 0.600. The minimum Gasteiger partial charge on any atom is -0.481 e. The second kappa shape index (κ2) is 7.71. The van der Waals surface area contributed by atoms with Gasteiger partial charge < -0.3 is 19.7 Å². The second-order valence-corrected chi connectivity index (χ2v) is 5.43. The Kier molecular flexibility index (Phi) is 5.66. The van der Waals surface area contributed by atoms with Gasteiger partial charge in [0.25, 0.3) is 0 Å². The molecule has 1 aromatic rings. The molecule has 1 aliphatic rings. The van der Waals surface area contributed by atoms with E-state index in [9.17, 15) is 9.59 Å². The maximum absolute atomic E-state index is 12.3. The summed E-state index contributed by atoms with van der Waals surface area (Å²) in [7, 11) is 0. The van der Waals surface area contributed by atoms with Crippen molar-refractivity contribution in [1.82, 2.24) is 10.2 Å². The molecule has 2 N–H and O–H groups in total. The molecule has 1 aliphatic carbocycles. The van der Waals surface area contributed by atoms with Gasteiger partial charge in [-0.25, -0.2) is 4.79 Å². The summed E-state index contributed by atoms with van der Waals surface area (Å²) in [5.41, 5.74) is 0.953. The highest BCUT2D eigenvalue weighted by Gasteiger charge is 2.25. The number of amides is 2. The first kappa shape index (κ1) is 15.4. The van der Waals surface area contributed by atoms with E-state index < -0.39 is 5.97 Å². The molecule has 0 spiro atoms. The molecule has 2 rings (SSSR count). The Morgan fingerprint density at radius 2 is 2.10 bits per heavy atom. The Bertz CT molecular complexity index is 452. The molecule has 1 saturated carbocycles. The van der Waals surface area contributed by atoms with Gasteiger partial charge in [0, 0.05) is 18.2 Å². The van der Waals surface area contributed by atoms with Crippen molar-refractivity contribution in [2.45, 2.75) is 51.1 Å². The quantitative estimate of drug-likeness (QED) is 0.844. The van der Waals surface area contributed by atoms with Gasteiger partial charge in [0.2, 0.25) is 0 Å². The number of hydrogen-bond donors (Lipinski definition) is 2. The third-order valence-electron chi connectivity index (χ3n) is 3.82. The first-order chi connectivity index (χ1) is 10.2. The third-order valence-corrected chi connectivity index (χ3v) is 3.82. The number of carbonyl (C=O) groups excluding carboxylic acids is 1. The summed E-state index contributed by atoms with van der Waals surface area (Å²) in [4.78, 5) is 24.7. The highest BCUT2D eigenvalue weighted by Crippen LogP contribution is 2.24. The van der Waals surface area contributed by atoms with Crippen molar-refractivity contribution in [1.29, 1.82) is 0 Å². The van der Waals surface area contributed by atoms with E-state index in [1.54, 1.807) is 12.5 Å². The highest BCUT2D eigenvalue weighted by molar-refractivity contribution is 5.75. The topological polar surface area (TPSA) is 82.8 Å². The normalized spacial score (nSPS) is 15.6. The van der Waals surface area contributed by atoms with Crippen LogP contribution in [-0.2, 0) is 11.3 Å². The molecule has 116 valence electrons. The van der Waals surface area contributed by atoms with Crippen molar-refractivity contribution >= 4 is 12.0 Å². The van der Waals surface area contributed by atoms with E-state index in [1.807, 2.05) is 11.0 Å². The smallest absolute Gasteiger partial charge is 0.317 e. The van der Waals surface area contributed by atoms with Gasteiger partial charge in [-0.3, -0.25) is 4.79 Å². The second-order valence-electron chi connectivity index (χ2n) is 5.43.